The summed E-state index contributed by atoms with van der Waals surface area (Å²) in [7, 11) is 0. The Bertz CT molecular complexity index is 606. The van der Waals surface area contributed by atoms with Crippen molar-refractivity contribution in [3.05, 3.63) is 47.5 Å². The van der Waals surface area contributed by atoms with Gasteiger partial charge in [-0.25, -0.2) is 4.39 Å². The highest BCUT2D eigenvalue weighted by Gasteiger charge is 2.37. The van der Waals surface area contributed by atoms with Crippen molar-refractivity contribution >= 4 is 11.6 Å². The van der Waals surface area contributed by atoms with Crippen LogP contribution in [0.1, 0.15) is 16.1 Å². The van der Waals surface area contributed by atoms with Crippen LogP contribution in [0.4, 0.5) is 23.2 Å². The van der Waals surface area contributed by atoms with Gasteiger partial charge in [-0.05, 0) is 18.2 Å². The normalized spacial score (nSPS) is 11.4. The Hall–Kier alpha value is -2.38. The number of hydrogen-bond acceptors (Lipinski definition) is 2. The van der Waals surface area contributed by atoms with Crippen LogP contribution in [-0.2, 0) is 6.18 Å². The fourth-order valence-corrected chi connectivity index (χ4v) is 1.44. The lowest BCUT2D eigenvalue weighted by Gasteiger charge is -2.07. The molecule has 0 atom stereocenters. The Morgan fingerprint density at radius 3 is 2.68 bits per heavy atom. The highest BCUT2D eigenvalue weighted by atomic mass is 19.4. The molecular weight excluding hydrogens is 266 g/mol. The Kier molecular flexibility index (Phi) is 3.24. The lowest BCUT2D eigenvalue weighted by Crippen LogP contribution is -2.17. The number of nitrogens with zero attached hydrogens (tertiary/aromatic N) is 1. The van der Waals surface area contributed by atoms with E-state index in [1.165, 1.54) is 12.1 Å². The summed E-state index contributed by atoms with van der Waals surface area (Å²) in [6.45, 7) is 0. The smallest absolute Gasteiger partial charge is 0.322 e. The minimum absolute atomic E-state index is 0.0549. The van der Waals surface area contributed by atoms with Crippen molar-refractivity contribution in [1.29, 1.82) is 0 Å². The number of H-pyrrole nitrogens is 1. The summed E-state index contributed by atoms with van der Waals surface area (Å²) in [5.74, 6) is -1.63. The molecule has 0 saturated heterocycles. The molecule has 0 spiro atoms. The maximum atomic E-state index is 12.9. The van der Waals surface area contributed by atoms with Crippen molar-refractivity contribution in [3.8, 4) is 0 Å². The summed E-state index contributed by atoms with van der Waals surface area (Å²) < 4.78 is 50.5. The predicted molar refractivity (Wildman–Crippen MR) is 57.9 cm³/mol. The summed E-state index contributed by atoms with van der Waals surface area (Å²) in [5.41, 5.74) is -1.85. The molecule has 100 valence electrons. The number of aromatic amines is 1. The zero-order chi connectivity index (χ0) is 14.0. The van der Waals surface area contributed by atoms with Crippen LogP contribution in [-0.4, -0.2) is 16.1 Å². The Morgan fingerprint density at radius 1 is 1.32 bits per heavy atom. The van der Waals surface area contributed by atoms with Crippen molar-refractivity contribution in [2.45, 2.75) is 6.18 Å². The number of anilines is 1. The first-order valence-electron chi connectivity index (χ1n) is 5.05. The van der Waals surface area contributed by atoms with Crippen molar-refractivity contribution in [1.82, 2.24) is 10.2 Å². The van der Waals surface area contributed by atoms with E-state index >= 15 is 0 Å². The summed E-state index contributed by atoms with van der Waals surface area (Å²) >= 11 is 0. The molecule has 0 radical (unpaired) electrons. The summed E-state index contributed by atoms with van der Waals surface area (Å²) in [4.78, 5) is 11.7. The standard InChI is InChI=1S/C11H7F4N3O/c12-6-2-1-3-7(4-6)17-10(19)8-5-16-18-9(8)11(13,14)15/h1-5H,(H,16,18)(H,17,19). The van der Waals surface area contributed by atoms with Crippen LogP contribution in [0, 0.1) is 5.82 Å². The predicted octanol–water partition coefficient (Wildman–Crippen LogP) is 2.82. The minimum atomic E-state index is -4.72. The van der Waals surface area contributed by atoms with Crippen LogP contribution in [0.15, 0.2) is 30.5 Å². The van der Waals surface area contributed by atoms with Crippen molar-refractivity contribution in [3.63, 3.8) is 0 Å². The van der Waals surface area contributed by atoms with E-state index < -0.39 is 29.2 Å². The number of aromatic nitrogens is 2. The van der Waals surface area contributed by atoms with E-state index in [-0.39, 0.29) is 5.69 Å². The van der Waals surface area contributed by atoms with Crippen LogP contribution in [0.5, 0.6) is 0 Å². The molecule has 19 heavy (non-hydrogen) atoms. The number of halogens is 4. The second-order valence-electron chi connectivity index (χ2n) is 3.62. The molecule has 4 nitrogen and oxygen atoms in total. The van der Waals surface area contributed by atoms with Gasteiger partial charge in [-0.15, -0.1) is 0 Å². The number of nitrogens with one attached hydrogen (secondary N) is 2. The number of amides is 1. The van der Waals surface area contributed by atoms with Crippen molar-refractivity contribution in [2.24, 2.45) is 0 Å². The molecule has 1 aromatic carbocycles. The van der Waals surface area contributed by atoms with Crippen LogP contribution < -0.4 is 5.32 Å². The number of alkyl halides is 3. The minimum Gasteiger partial charge on any atom is -0.322 e. The van der Waals surface area contributed by atoms with E-state index in [2.05, 4.69) is 10.4 Å². The number of hydrogen-bond donors (Lipinski definition) is 2. The third kappa shape index (κ3) is 2.90. The summed E-state index contributed by atoms with van der Waals surface area (Å²) in [5, 5.41) is 7.06. The lowest BCUT2D eigenvalue weighted by atomic mass is 10.2. The molecule has 0 bridgehead atoms. The van der Waals surface area contributed by atoms with E-state index in [0.717, 1.165) is 18.3 Å². The maximum absolute atomic E-state index is 12.9. The highest BCUT2D eigenvalue weighted by molar-refractivity contribution is 6.05. The van der Waals surface area contributed by atoms with Gasteiger partial charge in [-0.3, -0.25) is 9.89 Å². The third-order valence-corrected chi connectivity index (χ3v) is 2.25. The van der Waals surface area contributed by atoms with Gasteiger partial charge in [0, 0.05) is 5.69 Å². The molecule has 0 unspecified atom stereocenters. The monoisotopic (exact) mass is 273 g/mol. The van der Waals surface area contributed by atoms with Gasteiger partial charge in [0.2, 0.25) is 0 Å². The zero-order valence-electron chi connectivity index (χ0n) is 9.25. The third-order valence-electron chi connectivity index (χ3n) is 2.25. The maximum Gasteiger partial charge on any atom is 0.433 e. The van der Waals surface area contributed by atoms with E-state index in [4.69, 9.17) is 0 Å². The SMILES string of the molecule is O=C(Nc1cccc(F)c1)c1cn[nH]c1C(F)(F)F. The van der Waals surface area contributed by atoms with Gasteiger partial charge in [0.1, 0.15) is 5.82 Å². The Morgan fingerprint density at radius 2 is 2.05 bits per heavy atom. The average molecular weight is 273 g/mol. The number of rotatable bonds is 2. The van der Waals surface area contributed by atoms with Gasteiger partial charge in [0.15, 0.2) is 5.69 Å². The van der Waals surface area contributed by atoms with E-state index in [1.807, 2.05) is 0 Å². The van der Waals surface area contributed by atoms with Crippen LogP contribution in [0.25, 0.3) is 0 Å². The van der Waals surface area contributed by atoms with Crippen LogP contribution >= 0.6 is 0 Å². The van der Waals surface area contributed by atoms with E-state index in [1.54, 1.807) is 5.10 Å². The molecule has 1 heterocycles. The fourth-order valence-electron chi connectivity index (χ4n) is 1.44. The molecule has 0 aliphatic heterocycles. The van der Waals surface area contributed by atoms with Crippen molar-refractivity contribution < 1.29 is 22.4 Å². The van der Waals surface area contributed by atoms with E-state index in [0.29, 0.717) is 0 Å². The topological polar surface area (TPSA) is 57.8 Å². The number of carbonyl (C=O) groups excluding carboxylic acids is 1. The van der Waals surface area contributed by atoms with Gasteiger partial charge in [-0.1, -0.05) is 6.07 Å². The molecule has 1 aromatic heterocycles. The Labute approximate surface area is 104 Å². The summed E-state index contributed by atoms with van der Waals surface area (Å²) in [6.07, 6.45) is -3.96. The molecule has 2 N–H and O–H groups in total. The molecule has 0 fully saturated rings. The fraction of sp³-hybridized carbons (Fsp3) is 0.0909. The molecule has 8 heteroatoms. The van der Waals surface area contributed by atoms with Crippen molar-refractivity contribution in [2.75, 3.05) is 5.32 Å². The van der Waals surface area contributed by atoms with E-state index in [9.17, 15) is 22.4 Å². The lowest BCUT2D eigenvalue weighted by molar-refractivity contribution is -0.141. The molecule has 0 aliphatic rings. The van der Waals surface area contributed by atoms with Gasteiger partial charge in [0.25, 0.3) is 5.91 Å². The second-order valence-corrected chi connectivity index (χ2v) is 3.62. The molecule has 2 rings (SSSR count). The van der Waals surface area contributed by atoms with Gasteiger partial charge in [-0.2, -0.15) is 18.3 Å². The van der Waals surface area contributed by atoms with Crippen LogP contribution in [0.3, 0.4) is 0 Å². The molecular formula is C11H7F4N3O. The number of carbonyl (C=O) groups is 1. The molecule has 1 amide bonds. The Balaban J connectivity index is 2.24. The molecule has 0 aliphatic carbocycles. The zero-order valence-corrected chi connectivity index (χ0v) is 9.25. The largest absolute Gasteiger partial charge is 0.433 e. The van der Waals surface area contributed by atoms with Crippen LogP contribution in [0.2, 0.25) is 0 Å². The first kappa shape index (κ1) is 13.1. The first-order valence-corrected chi connectivity index (χ1v) is 5.05. The molecule has 2 aromatic rings. The second kappa shape index (κ2) is 4.71. The number of benzene rings is 1. The summed E-state index contributed by atoms with van der Waals surface area (Å²) in [6, 6.07) is 4.82. The van der Waals surface area contributed by atoms with Gasteiger partial charge in [0.05, 0.1) is 11.8 Å². The molecule has 0 saturated carbocycles. The quantitative estimate of drug-likeness (QED) is 0.826. The van der Waals surface area contributed by atoms with Gasteiger partial charge < -0.3 is 5.32 Å². The average Bonchev–Trinajstić information content (AvgIpc) is 2.77. The highest BCUT2D eigenvalue weighted by Crippen LogP contribution is 2.30. The first-order chi connectivity index (χ1) is 8.88. The van der Waals surface area contributed by atoms with Gasteiger partial charge >= 0.3 is 6.18 Å².